The lowest BCUT2D eigenvalue weighted by Crippen LogP contribution is -2.42. The lowest BCUT2D eigenvalue weighted by atomic mass is 9.62. The molecule has 1 saturated heterocycles. The summed E-state index contributed by atoms with van der Waals surface area (Å²) in [6, 6.07) is 0. The Labute approximate surface area is 64.3 Å². The molecule has 0 unspecified atom stereocenters. The summed E-state index contributed by atoms with van der Waals surface area (Å²) in [4.78, 5) is 4.84. The predicted molar refractivity (Wildman–Crippen MR) is 46.1 cm³/mol. The SMILES string of the molecule is CC(C)B1N(C)CCN1C. The van der Waals surface area contributed by atoms with Gasteiger partial charge in [0.1, 0.15) is 0 Å². The van der Waals surface area contributed by atoms with E-state index in [1.807, 2.05) is 0 Å². The van der Waals surface area contributed by atoms with Gasteiger partial charge in [-0.2, -0.15) is 0 Å². The Kier molecular flexibility index (Phi) is 2.37. The van der Waals surface area contributed by atoms with Crippen LogP contribution in [0.25, 0.3) is 0 Å². The van der Waals surface area contributed by atoms with E-state index in [9.17, 15) is 0 Å². The second kappa shape index (κ2) is 2.93. The molecule has 58 valence electrons. The van der Waals surface area contributed by atoms with E-state index >= 15 is 0 Å². The fourth-order valence-electron chi connectivity index (χ4n) is 1.93. The lowest BCUT2D eigenvalue weighted by molar-refractivity contribution is 0.553. The van der Waals surface area contributed by atoms with Gasteiger partial charge in [0.25, 0.3) is 0 Å². The van der Waals surface area contributed by atoms with E-state index in [0.717, 1.165) is 5.82 Å². The Hall–Kier alpha value is -0.0151. The molecule has 3 heteroatoms. The number of nitrogens with zero attached hydrogens (tertiary/aromatic N) is 2. The molecule has 1 heterocycles. The van der Waals surface area contributed by atoms with Crippen LogP contribution in [0.4, 0.5) is 0 Å². The maximum Gasteiger partial charge on any atom is 0.313 e. The largest absolute Gasteiger partial charge is 0.330 e. The van der Waals surface area contributed by atoms with Crippen LogP contribution in [0.5, 0.6) is 0 Å². The fourth-order valence-corrected chi connectivity index (χ4v) is 1.93. The van der Waals surface area contributed by atoms with Gasteiger partial charge in [-0.25, -0.2) is 0 Å². The van der Waals surface area contributed by atoms with E-state index in [2.05, 4.69) is 37.6 Å². The highest BCUT2D eigenvalue weighted by molar-refractivity contribution is 6.54. The number of rotatable bonds is 1. The Morgan fingerprint density at radius 2 is 1.50 bits per heavy atom. The van der Waals surface area contributed by atoms with Gasteiger partial charge >= 0.3 is 6.98 Å². The first-order valence-corrected chi connectivity index (χ1v) is 4.03. The zero-order chi connectivity index (χ0) is 7.72. The molecule has 1 aliphatic heterocycles. The van der Waals surface area contributed by atoms with Crippen LogP contribution in [-0.4, -0.2) is 43.8 Å². The first kappa shape index (κ1) is 8.09. The van der Waals surface area contributed by atoms with Gasteiger partial charge in [-0.1, -0.05) is 13.8 Å². The van der Waals surface area contributed by atoms with E-state index in [1.165, 1.54) is 13.1 Å². The maximum atomic E-state index is 2.42. The van der Waals surface area contributed by atoms with E-state index < -0.39 is 0 Å². The van der Waals surface area contributed by atoms with Crippen LogP contribution in [0, 0.1) is 0 Å². The summed E-state index contributed by atoms with van der Waals surface area (Å²) in [5, 5.41) is 0. The lowest BCUT2D eigenvalue weighted by Gasteiger charge is -2.23. The molecule has 0 aromatic heterocycles. The zero-order valence-corrected chi connectivity index (χ0v) is 7.46. The summed E-state index contributed by atoms with van der Waals surface area (Å²) in [6.45, 7) is 7.67. The second-order valence-corrected chi connectivity index (χ2v) is 3.62. The highest BCUT2D eigenvalue weighted by Crippen LogP contribution is 2.17. The molecule has 1 fully saturated rings. The Balaban J connectivity index is 2.54. The van der Waals surface area contributed by atoms with Crippen LogP contribution < -0.4 is 0 Å². The molecule has 10 heavy (non-hydrogen) atoms. The molecule has 1 rings (SSSR count). The standard InChI is InChI=1S/C7H17BN2/c1-7(2)8-9(3)5-6-10(8)4/h7H,5-6H2,1-4H3. The Bertz CT molecular complexity index is 106. The minimum Gasteiger partial charge on any atom is -0.330 e. The molecular formula is C7H17BN2. The smallest absolute Gasteiger partial charge is 0.313 e. The quantitative estimate of drug-likeness (QED) is 0.496. The Morgan fingerprint density at radius 3 is 1.70 bits per heavy atom. The summed E-state index contributed by atoms with van der Waals surface area (Å²) in [5.41, 5.74) is 0. The maximum absolute atomic E-state index is 2.42. The van der Waals surface area contributed by atoms with Crippen molar-refractivity contribution in [1.82, 2.24) is 9.62 Å². The highest BCUT2D eigenvalue weighted by atomic mass is 15.3. The topological polar surface area (TPSA) is 6.48 Å². The van der Waals surface area contributed by atoms with Crippen LogP contribution in [0.15, 0.2) is 0 Å². The van der Waals surface area contributed by atoms with Gasteiger partial charge in [-0.15, -0.1) is 0 Å². The monoisotopic (exact) mass is 140 g/mol. The van der Waals surface area contributed by atoms with Gasteiger partial charge in [0.2, 0.25) is 0 Å². The predicted octanol–water partition coefficient (Wildman–Crippen LogP) is 0.762. The molecule has 0 radical (unpaired) electrons. The fraction of sp³-hybridized carbons (Fsp3) is 1.00. The molecular weight excluding hydrogens is 123 g/mol. The van der Waals surface area contributed by atoms with Crippen molar-refractivity contribution in [2.75, 3.05) is 27.2 Å². The van der Waals surface area contributed by atoms with E-state index in [0.29, 0.717) is 6.98 Å². The van der Waals surface area contributed by atoms with Gasteiger partial charge in [0.05, 0.1) is 0 Å². The van der Waals surface area contributed by atoms with Crippen LogP contribution in [0.2, 0.25) is 5.82 Å². The molecule has 0 spiro atoms. The average molecular weight is 140 g/mol. The van der Waals surface area contributed by atoms with Crippen molar-refractivity contribution in [1.29, 1.82) is 0 Å². The van der Waals surface area contributed by atoms with Crippen LogP contribution >= 0.6 is 0 Å². The molecule has 0 bridgehead atoms. The molecule has 0 amide bonds. The molecule has 1 aliphatic rings. The van der Waals surface area contributed by atoms with Crippen molar-refractivity contribution in [3.05, 3.63) is 0 Å². The highest BCUT2D eigenvalue weighted by Gasteiger charge is 2.33. The molecule has 0 atom stereocenters. The van der Waals surface area contributed by atoms with Crippen molar-refractivity contribution < 1.29 is 0 Å². The molecule has 0 aromatic carbocycles. The van der Waals surface area contributed by atoms with Crippen molar-refractivity contribution >= 4 is 6.98 Å². The summed E-state index contributed by atoms with van der Waals surface area (Å²) < 4.78 is 0. The van der Waals surface area contributed by atoms with Crippen LogP contribution in [0.3, 0.4) is 0 Å². The normalized spacial score (nSPS) is 23.1. The van der Waals surface area contributed by atoms with E-state index in [1.54, 1.807) is 0 Å². The average Bonchev–Trinajstić information content (AvgIpc) is 2.11. The summed E-state index contributed by atoms with van der Waals surface area (Å²) >= 11 is 0. The third-order valence-electron chi connectivity index (χ3n) is 2.30. The second-order valence-electron chi connectivity index (χ2n) is 3.62. The third-order valence-corrected chi connectivity index (χ3v) is 2.30. The zero-order valence-electron chi connectivity index (χ0n) is 7.46. The molecule has 2 nitrogen and oxygen atoms in total. The van der Waals surface area contributed by atoms with Gasteiger partial charge in [-0.05, 0) is 19.9 Å². The van der Waals surface area contributed by atoms with Crippen molar-refractivity contribution in [3.63, 3.8) is 0 Å². The summed E-state index contributed by atoms with van der Waals surface area (Å²) in [6.07, 6.45) is 0. The van der Waals surface area contributed by atoms with E-state index in [-0.39, 0.29) is 0 Å². The molecule has 0 aromatic rings. The van der Waals surface area contributed by atoms with Gasteiger partial charge in [0.15, 0.2) is 0 Å². The molecule has 0 saturated carbocycles. The van der Waals surface area contributed by atoms with Gasteiger partial charge in [-0.3, -0.25) is 0 Å². The number of hydrogen-bond acceptors (Lipinski definition) is 2. The van der Waals surface area contributed by atoms with Gasteiger partial charge in [0, 0.05) is 13.1 Å². The minimum absolute atomic E-state index is 0.667. The van der Waals surface area contributed by atoms with Crippen molar-refractivity contribution in [2.24, 2.45) is 0 Å². The number of likely N-dealkylation sites (N-methyl/N-ethyl adjacent to an activating group) is 2. The minimum atomic E-state index is 0.667. The molecule has 0 N–H and O–H groups in total. The third kappa shape index (κ3) is 1.35. The van der Waals surface area contributed by atoms with Gasteiger partial charge < -0.3 is 9.62 Å². The molecule has 0 aliphatic carbocycles. The van der Waals surface area contributed by atoms with Crippen molar-refractivity contribution in [3.8, 4) is 0 Å². The first-order chi connectivity index (χ1) is 4.63. The number of hydrogen-bond donors (Lipinski definition) is 0. The van der Waals surface area contributed by atoms with Crippen LogP contribution in [-0.2, 0) is 0 Å². The van der Waals surface area contributed by atoms with Crippen molar-refractivity contribution in [2.45, 2.75) is 19.7 Å². The first-order valence-electron chi connectivity index (χ1n) is 4.03. The van der Waals surface area contributed by atoms with Crippen LogP contribution in [0.1, 0.15) is 13.8 Å². The Morgan fingerprint density at radius 1 is 1.10 bits per heavy atom. The van der Waals surface area contributed by atoms with E-state index in [4.69, 9.17) is 0 Å². The summed E-state index contributed by atoms with van der Waals surface area (Å²) in [7, 11) is 4.41. The summed E-state index contributed by atoms with van der Waals surface area (Å²) in [5.74, 6) is 0.748.